The second-order valence-corrected chi connectivity index (χ2v) is 6.75. The van der Waals surface area contributed by atoms with Crippen molar-refractivity contribution in [1.29, 1.82) is 0 Å². The molecule has 1 fully saturated rings. The third kappa shape index (κ3) is 6.03. The average molecular weight is 446 g/mol. The van der Waals surface area contributed by atoms with E-state index in [0.29, 0.717) is 6.54 Å². The van der Waals surface area contributed by atoms with Crippen LogP contribution in [0.3, 0.4) is 0 Å². The van der Waals surface area contributed by atoms with E-state index in [1.165, 1.54) is 6.92 Å². The lowest BCUT2D eigenvalue weighted by molar-refractivity contribution is -0.118. The van der Waals surface area contributed by atoms with Crippen LogP contribution in [-0.4, -0.2) is 60.4 Å². The molecule has 1 saturated heterocycles. The Bertz CT molecular complexity index is 574. The van der Waals surface area contributed by atoms with E-state index in [2.05, 4.69) is 41.3 Å². The highest BCUT2D eigenvalue weighted by atomic mass is 127. The molecule has 0 saturated carbocycles. The first-order valence-corrected chi connectivity index (χ1v) is 7.87. The maximum atomic E-state index is 12.2. The van der Waals surface area contributed by atoms with Gasteiger partial charge in [-0.3, -0.25) is 19.4 Å². The molecule has 0 aliphatic carbocycles. The number of hydrogen-bond acceptors (Lipinski definition) is 4. The monoisotopic (exact) mass is 446 g/mol. The molecule has 1 heterocycles. The Morgan fingerprint density at radius 2 is 1.62 bits per heavy atom. The van der Waals surface area contributed by atoms with Crippen molar-refractivity contribution in [1.82, 2.24) is 9.80 Å². The summed E-state index contributed by atoms with van der Waals surface area (Å²) in [4.78, 5) is 27.7. The van der Waals surface area contributed by atoms with Gasteiger partial charge in [-0.1, -0.05) is 0 Å². The molecule has 0 atom stereocenters. The zero-order valence-corrected chi connectivity index (χ0v) is 17.1. The summed E-state index contributed by atoms with van der Waals surface area (Å²) in [6.07, 6.45) is 0. The van der Waals surface area contributed by atoms with E-state index in [1.807, 2.05) is 0 Å². The maximum Gasteiger partial charge on any atom is 0.238 e. The van der Waals surface area contributed by atoms with Crippen molar-refractivity contribution in [3.63, 3.8) is 0 Å². The summed E-state index contributed by atoms with van der Waals surface area (Å²) < 4.78 is 0. The van der Waals surface area contributed by atoms with Gasteiger partial charge in [0.25, 0.3) is 0 Å². The van der Waals surface area contributed by atoms with Crippen LogP contribution in [0.2, 0.25) is 0 Å². The van der Waals surface area contributed by atoms with Crippen LogP contribution in [0.25, 0.3) is 0 Å². The fourth-order valence-corrected chi connectivity index (χ4v) is 2.72. The van der Waals surface area contributed by atoms with Crippen molar-refractivity contribution in [2.75, 3.05) is 43.9 Å². The molecule has 0 unspecified atom stereocenters. The molecule has 134 valence electrons. The van der Waals surface area contributed by atoms with Crippen LogP contribution in [0.1, 0.15) is 20.8 Å². The molecule has 6 nitrogen and oxygen atoms in total. The van der Waals surface area contributed by atoms with Gasteiger partial charge < -0.3 is 10.6 Å². The average Bonchev–Trinajstić information content (AvgIpc) is 2.44. The van der Waals surface area contributed by atoms with Crippen LogP contribution in [-0.2, 0) is 9.59 Å². The minimum absolute atomic E-state index is 0. The van der Waals surface area contributed by atoms with E-state index < -0.39 is 0 Å². The van der Waals surface area contributed by atoms with E-state index in [1.54, 1.807) is 24.3 Å². The molecule has 7 heteroatoms. The third-order valence-electron chi connectivity index (χ3n) is 4.25. The lowest BCUT2D eigenvalue weighted by Gasteiger charge is -2.45. The largest absolute Gasteiger partial charge is 0.326 e. The van der Waals surface area contributed by atoms with E-state index in [4.69, 9.17) is 0 Å². The van der Waals surface area contributed by atoms with Crippen molar-refractivity contribution in [2.45, 2.75) is 26.3 Å². The smallest absolute Gasteiger partial charge is 0.238 e. The minimum atomic E-state index is -0.112. The third-order valence-corrected chi connectivity index (χ3v) is 4.25. The zero-order valence-electron chi connectivity index (χ0n) is 14.8. The highest BCUT2D eigenvalue weighted by Crippen LogP contribution is 2.19. The fourth-order valence-electron chi connectivity index (χ4n) is 2.72. The first-order chi connectivity index (χ1) is 10.8. The second-order valence-electron chi connectivity index (χ2n) is 6.75. The molecule has 0 aromatic heterocycles. The quantitative estimate of drug-likeness (QED) is 0.697. The SMILES string of the molecule is CC(=O)Nc1ccc(NC(=O)CN2CCN(C)C(C)(C)C2)cc1.I. The Morgan fingerprint density at radius 3 is 2.12 bits per heavy atom. The Balaban J connectivity index is 0.00000288. The van der Waals surface area contributed by atoms with Crippen molar-refractivity contribution >= 4 is 47.2 Å². The van der Waals surface area contributed by atoms with E-state index in [0.717, 1.165) is 31.0 Å². The van der Waals surface area contributed by atoms with Gasteiger partial charge in [0.2, 0.25) is 11.8 Å². The highest BCUT2D eigenvalue weighted by molar-refractivity contribution is 14.0. The van der Waals surface area contributed by atoms with Crippen LogP contribution in [0.5, 0.6) is 0 Å². The standard InChI is InChI=1S/C17H26N4O2.HI/c1-13(22)18-14-5-7-15(8-6-14)19-16(23)11-21-10-9-20(4)17(2,3)12-21;/h5-8H,9-12H2,1-4H3,(H,18,22)(H,19,23);1H. The lowest BCUT2D eigenvalue weighted by Crippen LogP contribution is -2.58. The molecule has 0 bridgehead atoms. The van der Waals surface area contributed by atoms with Gasteiger partial charge in [0.15, 0.2) is 0 Å². The first kappa shape index (κ1) is 20.9. The van der Waals surface area contributed by atoms with E-state index in [9.17, 15) is 9.59 Å². The summed E-state index contributed by atoms with van der Waals surface area (Å²) in [5, 5.41) is 5.60. The Labute approximate surface area is 161 Å². The molecule has 2 N–H and O–H groups in total. The van der Waals surface area contributed by atoms with Gasteiger partial charge >= 0.3 is 0 Å². The van der Waals surface area contributed by atoms with E-state index in [-0.39, 0.29) is 41.3 Å². The normalized spacial score (nSPS) is 17.7. The summed E-state index contributed by atoms with van der Waals surface area (Å²) in [5.74, 6) is -0.128. The van der Waals surface area contributed by atoms with Crippen LogP contribution < -0.4 is 10.6 Å². The van der Waals surface area contributed by atoms with Gasteiger partial charge in [-0.2, -0.15) is 0 Å². The highest BCUT2D eigenvalue weighted by Gasteiger charge is 2.31. The van der Waals surface area contributed by atoms with Gasteiger partial charge in [0, 0.05) is 43.5 Å². The second kappa shape index (κ2) is 8.77. The molecule has 1 aliphatic heterocycles. The predicted molar refractivity (Wildman–Crippen MR) is 108 cm³/mol. The van der Waals surface area contributed by atoms with Gasteiger partial charge in [-0.15, -0.1) is 24.0 Å². The van der Waals surface area contributed by atoms with Crippen molar-refractivity contribution < 1.29 is 9.59 Å². The number of hydrogen-bond donors (Lipinski definition) is 2. The topological polar surface area (TPSA) is 64.7 Å². The van der Waals surface area contributed by atoms with Crippen LogP contribution in [0.4, 0.5) is 11.4 Å². The van der Waals surface area contributed by atoms with E-state index >= 15 is 0 Å². The molecule has 0 spiro atoms. The van der Waals surface area contributed by atoms with Crippen molar-refractivity contribution in [2.24, 2.45) is 0 Å². The number of likely N-dealkylation sites (N-methyl/N-ethyl adjacent to an activating group) is 1. The summed E-state index contributed by atoms with van der Waals surface area (Å²) in [6.45, 7) is 8.98. The van der Waals surface area contributed by atoms with Gasteiger partial charge in [-0.25, -0.2) is 0 Å². The number of nitrogens with one attached hydrogen (secondary N) is 2. The lowest BCUT2D eigenvalue weighted by atomic mass is 10.00. The summed E-state index contributed by atoms with van der Waals surface area (Å²) in [5.41, 5.74) is 1.53. The van der Waals surface area contributed by atoms with Crippen LogP contribution >= 0.6 is 24.0 Å². The predicted octanol–water partition coefficient (Wildman–Crippen LogP) is 2.23. The van der Waals surface area contributed by atoms with Crippen LogP contribution in [0, 0.1) is 0 Å². The molecule has 1 aliphatic rings. The molecule has 24 heavy (non-hydrogen) atoms. The maximum absolute atomic E-state index is 12.2. The van der Waals surface area contributed by atoms with Crippen molar-refractivity contribution in [3.8, 4) is 0 Å². The molecular formula is C17H27IN4O2. The number of carbonyl (C=O) groups excluding carboxylic acids is 2. The molecule has 1 aromatic rings. The van der Waals surface area contributed by atoms with Crippen LogP contribution in [0.15, 0.2) is 24.3 Å². The number of piperazine rings is 1. The molecule has 0 radical (unpaired) electrons. The molecular weight excluding hydrogens is 419 g/mol. The van der Waals surface area contributed by atoms with Gasteiger partial charge in [0.1, 0.15) is 0 Å². The Hall–Kier alpha value is -1.19. The fraction of sp³-hybridized carbons (Fsp3) is 0.529. The van der Waals surface area contributed by atoms with Gasteiger partial charge in [0.05, 0.1) is 6.54 Å². The summed E-state index contributed by atoms with van der Waals surface area (Å²) >= 11 is 0. The van der Waals surface area contributed by atoms with Gasteiger partial charge in [-0.05, 0) is 45.2 Å². The van der Waals surface area contributed by atoms with Crippen molar-refractivity contribution in [3.05, 3.63) is 24.3 Å². The number of nitrogens with zero attached hydrogens (tertiary/aromatic N) is 2. The Kier molecular flexibility index (Phi) is 7.62. The molecule has 2 rings (SSSR count). The number of halogens is 1. The number of carbonyl (C=O) groups is 2. The molecule has 1 aromatic carbocycles. The number of benzene rings is 1. The zero-order chi connectivity index (χ0) is 17.0. The Morgan fingerprint density at radius 1 is 1.08 bits per heavy atom. The first-order valence-electron chi connectivity index (χ1n) is 7.87. The number of amides is 2. The minimum Gasteiger partial charge on any atom is -0.326 e. The summed E-state index contributed by atoms with van der Waals surface area (Å²) in [7, 11) is 2.12. The number of rotatable bonds is 4. The summed E-state index contributed by atoms with van der Waals surface area (Å²) in [6, 6.07) is 7.13. The number of anilines is 2. The molecule has 2 amide bonds.